The van der Waals surface area contributed by atoms with Crippen LogP contribution in [0.4, 0.5) is 0 Å². The summed E-state index contributed by atoms with van der Waals surface area (Å²) in [6.45, 7) is 7.58. The molecule has 3 aromatic rings. The van der Waals surface area contributed by atoms with Crippen molar-refractivity contribution in [1.29, 1.82) is 0 Å². The van der Waals surface area contributed by atoms with E-state index in [1.807, 2.05) is 51.1 Å². The molecule has 1 aromatic carbocycles. The number of nitrogens with one attached hydrogen (secondary N) is 1. The molecule has 0 bridgehead atoms. The molecule has 1 atom stereocenters. The lowest BCUT2D eigenvalue weighted by Crippen LogP contribution is -2.33. The van der Waals surface area contributed by atoms with E-state index in [9.17, 15) is 9.59 Å². The van der Waals surface area contributed by atoms with Crippen LogP contribution in [0.1, 0.15) is 39.2 Å². The van der Waals surface area contributed by atoms with Gasteiger partial charge >= 0.3 is 0 Å². The van der Waals surface area contributed by atoms with Gasteiger partial charge in [0.05, 0.1) is 16.2 Å². The molecule has 8 nitrogen and oxygen atoms in total. The van der Waals surface area contributed by atoms with Gasteiger partial charge in [0.15, 0.2) is 11.4 Å². The molecule has 0 radical (unpaired) electrons. The van der Waals surface area contributed by atoms with Gasteiger partial charge in [-0.3, -0.25) is 19.1 Å². The first kappa shape index (κ1) is 25.9. The van der Waals surface area contributed by atoms with Crippen LogP contribution in [0.25, 0.3) is 10.9 Å². The van der Waals surface area contributed by atoms with Crippen LogP contribution in [0.2, 0.25) is 0 Å². The van der Waals surface area contributed by atoms with Crippen molar-refractivity contribution in [2.45, 2.75) is 63.4 Å². The van der Waals surface area contributed by atoms with Gasteiger partial charge < -0.3 is 14.8 Å². The fraction of sp³-hybridized carbons (Fsp3) is 0.440. The summed E-state index contributed by atoms with van der Waals surface area (Å²) in [5.74, 6) is -0.105. The highest BCUT2D eigenvalue weighted by Gasteiger charge is 2.22. The number of hydrogen-bond donors (Lipinski definition) is 1. The molecule has 2 heterocycles. The smallest absolute Gasteiger partial charge is 0.262 e. The molecule has 0 saturated heterocycles. The predicted octanol–water partition coefficient (Wildman–Crippen LogP) is 3.77. The van der Waals surface area contributed by atoms with Crippen LogP contribution in [-0.4, -0.2) is 45.2 Å². The Balaban J connectivity index is 1.84. The van der Waals surface area contributed by atoms with E-state index in [1.165, 1.54) is 11.8 Å². The number of rotatable bonds is 13. The van der Waals surface area contributed by atoms with E-state index < -0.39 is 11.5 Å². The number of carbonyl (C=O) groups excluding carboxylic acids is 1. The molecule has 0 spiro atoms. The van der Waals surface area contributed by atoms with Gasteiger partial charge in [0, 0.05) is 45.1 Å². The van der Waals surface area contributed by atoms with Gasteiger partial charge in [0.25, 0.3) is 5.56 Å². The van der Waals surface area contributed by atoms with Crippen molar-refractivity contribution in [3.8, 4) is 0 Å². The summed E-state index contributed by atoms with van der Waals surface area (Å²) in [4.78, 5) is 35.1. The number of pyridine rings is 1. The molecule has 0 aliphatic heterocycles. The number of amides is 1. The maximum absolute atomic E-state index is 13.3. The number of aromatic nitrogens is 3. The zero-order chi connectivity index (χ0) is 24.3. The largest absolute Gasteiger partial charge is 0.353 e. The molecule has 9 heteroatoms. The Labute approximate surface area is 204 Å². The second-order valence-corrected chi connectivity index (χ2v) is 8.76. The van der Waals surface area contributed by atoms with Crippen molar-refractivity contribution in [2.75, 3.05) is 13.2 Å². The van der Waals surface area contributed by atoms with E-state index in [4.69, 9.17) is 14.5 Å². The van der Waals surface area contributed by atoms with Gasteiger partial charge in [0.2, 0.25) is 5.91 Å². The minimum absolute atomic E-state index is 0.105. The van der Waals surface area contributed by atoms with Crippen LogP contribution in [0, 0.1) is 0 Å². The van der Waals surface area contributed by atoms with Gasteiger partial charge in [-0.1, -0.05) is 36.9 Å². The molecule has 1 unspecified atom stereocenters. The summed E-state index contributed by atoms with van der Waals surface area (Å²) in [7, 11) is 0. The van der Waals surface area contributed by atoms with Crippen molar-refractivity contribution >= 4 is 28.6 Å². The first-order chi connectivity index (χ1) is 16.6. The number of para-hydroxylation sites is 1. The van der Waals surface area contributed by atoms with Crippen molar-refractivity contribution in [2.24, 2.45) is 0 Å². The summed E-state index contributed by atoms with van der Waals surface area (Å²) in [6.07, 6.45) is 4.11. The Morgan fingerprint density at radius 1 is 1.12 bits per heavy atom. The van der Waals surface area contributed by atoms with Crippen LogP contribution in [0.3, 0.4) is 0 Å². The van der Waals surface area contributed by atoms with Crippen molar-refractivity contribution in [3.05, 3.63) is 64.7 Å². The van der Waals surface area contributed by atoms with Crippen LogP contribution >= 0.6 is 11.8 Å². The Hall–Kier alpha value is -2.75. The zero-order valence-electron chi connectivity index (χ0n) is 19.9. The summed E-state index contributed by atoms with van der Waals surface area (Å²) in [6, 6.07) is 11.0. The third-order valence-corrected chi connectivity index (χ3v) is 6.57. The van der Waals surface area contributed by atoms with Gasteiger partial charge in [-0.05, 0) is 44.0 Å². The number of thioether (sulfide) groups is 1. The topological polar surface area (TPSA) is 95.3 Å². The number of carbonyl (C=O) groups is 1. The number of benzene rings is 1. The first-order valence-corrected chi connectivity index (χ1v) is 12.5. The van der Waals surface area contributed by atoms with E-state index in [-0.39, 0.29) is 11.5 Å². The minimum Gasteiger partial charge on any atom is -0.353 e. The van der Waals surface area contributed by atoms with Crippen LogP contribution in [-0.2, 0) is 27.4 Å². The van der Waals surface area contributed by atoms with E-state index in [0.717, 1.165) is 5.56 Å². The van der Waals surface area contributed by atoms with Crippen molar-refractivity contribution in [3.63, 3.8) is 0 Å². The molecule has 0 aliphatic carbocycles. The Morgan fingerprint density at radius 2 is 1.88 bits per heavy atom. The molecule has 0 fully saturated rings. The highest BCUT2D eigenvalue weighted by atomic mass is 32.2. The molecule has 0 aliphatic rings. The fourth-order valence-electron chi connectivity index (χ4n) is 3.51. The molecule has 2 aromatic heterocycles. The van der Waals surface area contributed by atoms with Gasteiger partial charge in [-0.25, -0.2) is 4.98 Å². The SMILES string of the molecule is CCOC(CCn1c(SC(CC)C(=O)NCc2cccnc2)nc2ccccc2c1=O)OCC. The maximum atomic E-state index is 13.3. The monoisotopic (exact) mass is 484 g/mol. The Bertz CT molecular complexity index is 1120. The van der Waals surface area contributed by atoms with E-state index in [2.05, 4.69) is 10.3 Å². The standard InChI is InChI=1S/C25H32N4O4S/c1-4-21(23(30)27-17-18-10-9-14-26-16-18)34-25-28-20-12-8-7-11-19(20)24(31)29(25)15-13-22(32-5-2)33-6-3/h7-12,14,16,21-22H,4-6,13,15,17H2,1-3H3,(H,27,30). The van der Waals surface area contributed by atoms with Crippen molar-refractivity contribution in [1.82, 2.24) is 19.9 Å². The average Bonchev–Trinajstić information content (AvgIpc) is 2.86. The summed E-state index contributed by atoms with van der Waals surface area (Å²) in [5, 5.41) is 3.63. The number of fused-ring (bicyclic) bond motifs is 1. The molecule has 1 amide bonds. The number of ether oxygens (including phenoxy) is 2. The van der Waals surface area contributed by atoms with Gasteiger partial charge in [0.1, 0.15) is 0 Å². The fourth-order valence-corrected chi connectivity index (χ4v) is 4.58. The van der Waals surface area contributed by atoms with Gasteiger partial charge in [-0.2, -0.15) is 0 Å². The average molecular weight is 485 g/mol. The van der Waals surface area contributed by atoms with Crippen molar-refractivity contribution < 1.29 is 14.3 Å². The van der Waals surface area contributed by atoms with E-state index in [1.54, 1.807) is 23.0 Å². The van der Waals surface area contributed by atoms with E-state index >= 15 is 0 Å². The molecule has 3 rings (SSSR count). The third kappa shape index (κ3) is 6.88. The Kier molecular flexibility index (Phi) is 10.1. The van der Waals surface area contributed by atoms with E-state index in [0.29, 0.717) is 55.2 Å². The molecular weight excluding hydrogens is 452 g/mol. The summed E-state index contributed by atoms with van der Waals surface area (Å²) >= 11 is 1.31. The minimum atomic E-state index is -0.407. The third-order valence-electron chi connectivity index (χ3n) is 5.22. The van der Waals surface area contributed by atoms with Crippen LogP contribution in [0.15, 0.2) is 58.7 Å². The number of hydrogen-bond acceptors (Lipinski definition) is 7. The second kappa shape index (κ2) is 13.2. The molecule has 182 valence electrons. The molecule has 34 heavy (non-hydrogen) atoms. The van der Waals surface area contributed by atoms with Crippen LogP contribution < -0.4 is 10.9 Å². The van der Waals surface area contributed by atoms with Crippen LogP contribution in [0.5, 0.6) is 0 Å². The quantitative estimate of drug-likeness (QED) is 0.224. The lowest BCUT2D eigenvalue weighted by atomic mass is 10.2. The molecular formula is C25H32N4O4S. The zero-order valence-corrected chi connectivity index (χ0v) is 20.7. The summed E-state index contributed by atoms with van der Waals surface area (Å²) < 4.78 is 12.9. The summed E-state index contributed by atoms with van der Waals surface area (Å²) in [5.41, 5.74) is 1.41. The Morgan fingerprint density at radius 3 is 2.56 bits per heavy atom. The lowest BCUT2D eigenvalue weighted by molar-refractivity contribution is -0.141. The highest BCUT2D eigenvalue weighted by Crippen LogP contribution is 2.25. The van der Waals surface area contributed by atoms with Gasteiger partial charge in [-0.15, -0.1) is 0 Å². The normalized spacial score (nSPS) is 12.2. The number of nitrogens with zero attached hydrogens (tertiary/aromatic N) is 3. The predicted molar refractivity (Wildman–Crippen MR) is 134 cm³/mol. The maximum Gasteiger partial charge on any atom is 0.262 e. The highest BCUT2D eigenvalue weighted by molar-refractivity contribution is 8.00. The first-order valence-electron chi connectivity index (χ1n) is 11.6. The second-order valence-electron chi connectivity index (χ2n) is 7.59. The lowest BCUT2D eigenvalue weighted by Gasteiger charge is -2.20. The molecule has 1 N–H and O–H groups in total. The molecule has 0 saturated carbocycles.